The molecule has 0 aromatic heterocycles. The largest absolute Gasteiger partial charge is 0.395 e. The van der Waals surface area contributed by atoms with Gasteiger partial charge in [0.2, 0.25) is 0 Å². The molecular formula is C30H33NO3. The van der Waals surface area contributed by atoms with Crippen molar-refractivity contribution in [1.82, 2.24) is 4.90 Å². The molecule has 1 aliphatic rings. The lowest BCUT2D eigenvalue weighted by molar-refractivity contribution is 0.0202. The van der Waals surface area contributed by atoms with Crippen LogP contribution in [-0.2, 0) is 0 Å². The average Bonchev–Trinajstić information content (AvgIpc) is 2.89. The first kappa shape index (κ1) is 24.1. The third-order valence-electron chi connectivity index (χ3n) is 7.13. The van der Waals surface area contributed by atoms with E-state index in [-0.39, 0.29) is 36.1 Å². The molecule has 1 unspecified atom stereocenters. The summed E-state index contributed by atoms with van der Waals surface area (Å²) in [5.74, 6) is -0.758. The van der Waals surface area contributed by atoms with Crippen molar-refractivity contribution in [2.75, 3.05) is 19.7 Å². The second-order valence-corrected chi connectivity index (χ2v) is 9.56. The van der Waals surface area contributed by atoms with Gasteiger partial charge in [-0.25, -0.2) is 0 Å². The molecule has 1 aliphatic heterocycles. The number of aliphatic hydroxyl groups excluding tert-OH is 1. The first-order valence-corrected chi connectivity index (χ1v) is 12.1. The fourth-order valence-electron chi connectivity index (χ4n) is 5.37. The van der Waals surface area contributed by atoms with Gasteiger partial charge in [0.05, 0.1) is 6.61 Å². The van der Waals surface area contributed by atoms with Crippen LogP contribution in [0.25, 0.3) is 0 Å². The molecule has 0 radical (unpaired) electrons. The van der Waals surface area contributed by atoms with E-state index in [1.807, 2.05) is 91.0 Å². The monoisotopic (exact) mass is 455 g/mol. The highest BCUT2D eigenvalue weighted by atomic mass is 16.3. The Kier molecular flexibility index (Phi) is 7.71. The van der Waals surface area contributed by atoms with E-state index in [9.17, 15) is 14.7 Å². The minimum absolute atomic E-state index is 0.00777. The molecule has 1 saturated heterocycles. The van der Waals surface area contributed by atoms with Crippen LogP contribution in [0.1, 0.15) is 46.0 Å². The third kappa shape index (κ3) is 5.03. The molecule has 176 valence electrons. The van der Waals surface area contributed by atoms with Gasteiger partial charge in [-0.1, -0.05) is 105 Å². The predicted molar refractivity (Wildman–Crippen MR) is 135 cm³/mol. The standard InChI is InChI=1S/C30H33NO3/c1-21(2)27(20-32)31-18-25(29(33)23-14-8-4-9-15-23)28(22-12-6-3-7-13-22)26(19-31)30(34)24-16-10-5-11-17-24/h3-17,21,25-28,32H,18-20H2,1-2H3/t25-,26+,27?,28-. The summed E-state index contributed by atoms with van der Waals surface area (Å²) in [6, 6.07) is 28.6. The zero-order valence-electron chi connectivity index (χ0n) is 19.9. The number of piperidine rings is 1. The van der Waals surface area contributed by atoms with Gasteiger partial charge < -0.3 is 5.11 Å². The van der Waals surface area contributed by atoms with Crippen LogP contribution in [0.2, 0.25) is 0 Å². The molecule has 4 nitrogen and oxygen atoms in total. The number of ketones is 2. The maximum absolute atomic E-state index is 13.9. The second kappa shape index (κ2) is 10.9. The number of nitrogens with zero attached hydrogens (tertiary/aromatic N) is 1. The number of Topliss-reactive ketones (excluding diaryl/α,β-unsaturated/α-hetero) is 2. The van der Waals surface area contributed by atoms with E-state index in [1.165, 1.54) is 0 Å². The first-order valence-electron chi connectivity index (χ1n) is 12.1. The first-order chi connectivity index (χ1) is 16.5. The van der Waals surface area contributed by atoms with Crippen molar-refractivity contribution in [3.8, 4) is 0 Å². The molecule has 1 N–H and O–H groups in total. The maximum Gasteiger partial charge on any atom is 0.167 e. The molecular weight excluding hydrogens is 422 g/mol. The van der Waals surface area contributed by atoms with Crippen molar-refractivity contribution in [2.45, 2.75) is 25.8 Å². The zero-order valence-corrected chi connectivity index (χ0v) is 19.9. The summed E-state index contributed by atoms with van der Waals surface area (Å²) in [5.41, 5.74) is 2.33. The van der Waals surface area contributed by atoms with Gasteiger partial charge in [-0.05, 0) is 11.5 Å². The molecule has 0 aliphatic carbocycles. The van der Waals surface area contributed by atoms with Gasteiger partial charge in [0, 0.05) is 48.0 Å². The maximum atomic E-state index is 13.9. The summed E-state index contributed by atoms with van der Waals surface area (Å²) in [5, 5.41) is 10.2. The Bertz CT molecular complexity index is 1020. The molecule has 3 aromatic rings. The van der Waals surface area contributed by atoms with Gasteiger partial charge in [0.25, 0.3) is 0 Å². The highest BCUT2D eigenvalue weighted by Crippen LogP contribution is 2.41. The van der Waals surface area contributed by atoms with Crippen LogP contribution >= 0.6 is 0 Å². The van der Waals surface area contributed by atoms with E-state index in [1.54, 1.807) is 0 Å². The van der Waals surface area contributed by atoms with E-state index in [0.717, 1.165) is 5.56 Å². The smallest absolute Gasteiger partial charge is 0.167 e. The molecule has 3 aromatic carbocycles. The van der Waals surface area contributed by atoms with Crippen LogP contribution in [0.3, 0.4) is 0 Å². The van der Waals surface area contributed by atoms with Gasteiger partial charge in [-0.3, -0.25) is 14.5 Å². The van der Waals surface area contributed by atoms with E-state index < -0.39 is 11.8 Å². The number of rotatable bonds is 8. The van der Waals surface area contributed by atoms with Crippen LogP contribution in [0, 0.1) is 17.8 Å². The second-order valence-electron chi connectivity index (χ2n) is 9.56. The predicted octanol–water partition coefficient (Wildman–Crippen LogP) is 5.10. The van der Waals surface area contributed by atoms with Crippen molar-refractivity contribution in [3.63, 3.8) is 0 Å². The van der Waals surface area contributed by atoms with Crippen molar-refractivity contribution < 1.29 is 14.7 Å². The summed E-state index contributed by atoms with van der Waals surface area (Å²) in [6.07, 6.45) is 0. The minimum Gasteiger partial charge on any atom is -0.395 e. The normalized spacial score (nSPS) is 21.8. The average molecular weight is 456 g/mol. The van der Waals surface area contributed by atoms with E-state index >= 15 is 0 Å². The molecule has 4 atom stereocenters. The molecule has 0 spiro atoms. The van der Waals surface area contributed by atoms with E-state index in [4.69, 9.17) is 0 Å². The molecule has 0 amide bonds. The van der Waals surface area contributed by atoms with Crippen molar-refractivity contribution in [2.24, 2.45) is 17.8 Å². The number of carbonyl (C=O) groups excluding carboxylic acids is 2. The topological polar surface area (TPSA) is 57.6 Å². The molecule has 34 heavy (non-hydrogen) atoms. The fraction of sp³-hybridized carbons (Fsp3) is 0.333. The lowest BCUT2D eigenvalue weighted by Crippen LogP contribution is -2.55. The van der Waals surface area contributed by atoms with Gasteiger partial charge in [0.15, 0.2) is 11.6 Å². The lowest BCUT2D eigenvalue weighted by Gasteiger charge is -2.46. The fourth-order valence-corrected chi connectivity index (χ4v) is 5.37. The number of hydrogen-bond donors (Lipinski definition) is 1. The Morgan fingerprint density at radius 3 is 1.56 bits per heavy atom. The molecule has 1 heterocycles. The van der Waals surface area contributed by atoms with Crippen LogP contribution in [-0.4, -0.2) is 47.3 Å². The molecule has 1 fully saturated rings. The van der Waals surface area contributed by atoms with Crippen molar-refractivity contribution in [3.05, 3.63) is 108 Å². The number of carbonyl (C=O) groups is 2. The molecule has 4 heteroatoms. The highest BCUT2D eigenvalue weighted by Gasteiger charge is 2.46. The lowest BCUT2D eigenvalue weighted by atomic mass is 9.68. The molecule has 0 bridgehead atoms. The van der Waals surface area contributed by atoms with Crippen LogP contribution in [0.15, 0.2) is 91.0 Å². The van der Waals surface area contributed by atoms with Crippen LogP contribution < -0.4 is 0 Å². The van der Waals surface area contributed by atoms with Gasteiger partial charge in [-0.2, -0.15) is 0 Å². The van der Waals surface area contributed by atoms with E-state index in [0.29, 0.717) is 24.2 Å². The Hall–Kier alpha value is -3.08. The quantitative estimate of drug-likeness (QED) is 0.480. The molecule has 0 saturated carbocycles. The number of benzene rings is 3. The van der Waals surface area contributed by atoms with Crippen molar-refractivity contribution >= 4 is 11.6 Å². The summed E-state index contributed by atoms with van der Waals surface area (Å²) in [6.45, 7) is 5.16. The Labute approximate surface area is 202 Å². The number of aliphatic hydroxyl groups is 1. The number of likely N-dealkylation sites (tertiary alicyclic amines) is 1. The van der Waals surface area contributed by atoms with Gasteiger partial charge >= 0.3 is 0 Å². The summed E-state index contributed by atoms with van der Waals surface area (Å²) >= 11 is 0. The Morgan fingerprint density at radius 1 is 0.765 bits per heavy atom. The Balaban J connectivity index is 1.82. The van der Waals surface area contributed by atoms with Crippen LogP contribution in [0.5, 0.6) is 0 Å². The summed E-state index contributed by atoms with van der Waals surface area (Å²) in [4.78, 5) is 30.0. The SMILES string of the molecule is CC(C)C(CO)N1C[C@H](C(=O)c2ccccc2)[C@H](c2ccccc2)[C@H](C(=O)c2ccccc2)C1. The third-order valence-corrected chi connectivity index (χ3v) is 7.13. The number of hydrogen-bond acceptors (Lipinski definition) is 4. The van der Waals surface area contributed by atoms with Crippen molar-refractivity contribution in [1.29, 1.82) is 0 Å². The highest BCUT2D eigenvalue weighted by molar-refractivity contribution is 6.02. The zero-order chi connectivity index (χ0) is 24.1. The van der Waals surface area contributed by atoms with E-state index in [2.05, 4.69) is 18.7 Å². The minimum atomic E-state index is -0.399. The van der Waals surface area contributed by atoms with Crippen LogP contribution in [0.4, 0.5) is 0 Å². The molecule has 4 rings (SSSR count). The summed E-state index contributed by atoms with van der Waals surface area (Å²) in [7, 11) is 0. The van der Waals surface area contributed by atoms with Gasteiger partial charge in [-0.15, -0.1) is 0 Å². The van der Waals surface area contributed by atoms with Gasteiger partial charge in [0.1, 0.15) is 0 Å². The summed E-state index contributed by atoms with van der Waals surface area (Å²) < 4.78 is 0. The Morgan fingerprint density at radius 2 is 1.18 bits per heavy atom.